The zero-order valence-electron chi connectivity index (χ0n) is 9.97. The van der Waals surface area contributed by atoms with Crippen molar-refractivity contribution >= 4 is 22.7 Å². The van der Waals surface area contributed by atoms with Crippen molar-refractivity contribution in [2.45, 2.75) is 24.3 Å². The molecule has 0 spiro atoms. The maximum absolute atomic E-state index is 11.6. The molecule has 0 radical (unpaired) electrons. The third-order valence-corrected chi connectivity index (χ3v) is 2.83. The molecule has 1 amide bonds. The van der Waals surface area contributed by atoms with Gasteiger partial charge in [-0.15, -0.1) is 6.42 Å². The Morgan fingerprint density at radius 1 is 1.44 bits per heavy atom. The Morgan fingerprint density at radius 2 is 2.00 bits per heavy atom. The van der Waals surface area contributed by atoms with Gasteiger partial charge in [-0.25, -0.2) is 0 Å². The summed E-state index contributed by atoms with van der Waals surface area (Å²) in [6.45, 7) is 3.42. The quantitative estimate of drug-likeness (QED) is 0.394. The van der Waals surface area contributed by atoms with Gasteiger partial charge in [0, 0.05) is 17.0 Å². The SMILES string of the molecule is C#CC(C)(C)NC(=O)Sc1ccc([N+](=O)[O-])cc1. The average molecular weight is 264 g/mol. The van der Waals surface area contributed by atoms with Gasteiger partial charge in [0.2, 0.25) is 0 Å². The lowest BCUT2D eigenvalue weighted by molar-refractivity contribution is -0.384. The van der Waals surface area contributed by atoms with Gasteiger partial charge in [0.15, 0.2) is 0 Å². The van der Waals surface area contributed by atoms with E-state index in [0.29, 0.717) is 4.90 Å². The zero-order chi connectivity index (χ0) is 13.8. The number of nitro groups is 1. The second-order valence-corrected chi connectivity index (χ2v) is 5.08. The number of carbonyl (C=O) groups excluding carboxylic acids is 1. The number of thioether (sulfide) groups is 1. The van der Waals surface area contributed by atoms with Crippen molar-refractivity contribution in [3.63, 3.8) is 0 Å². The normalized spacial score (nSPS) is 10.5. The molecule has 0 heterocycles. The first-order valence-corrected chi connectivity index (χ1v) is 5.88. The molecule has 5 nitrogen and oxygen atoms in total. The minimum atomic E-state index is -0.717. The number of rotatable bonds is 3. The van der Waals surface area contributed by atoms with Gasteiger partial charge in [0.05, 0.1) is 10.5 Å². The highest BCUT2D eigenvalue weighted by molar-refractivity contribution is 8.13. The summed E-state index contributed by atoms with van der Waals surface area (Å²) < 4.78 is 0. The van der Waals surface area contributed by atoms with E-state index in [1.54, 1.807) is 13.8 Å². The Morgan fingerprint density at radius 3 is 2.44 bits per heavy atom. The van der Waals surface area contributed by atoms with Gasteiger partial charge >= 0.3 is 0 Å². The standard InChI is InChI=1S/C12H12N2O3S/c1-4-12(2,3)13-11(15)18-10-7-5-9(6-8-10)14(16)17/h1,5-8H,2-3H3,(H,13,15). The van der Waals surface area contributed by atoms with E-state index in [1.165, 1.54) is 24.3 Å². The molecule has 6 heteroatoms. The molecule has 0 fully saturated rings. The largest absolute Gasteiger partial charge is 0.331 e. The molecular formula is C12H12N2O3S. The third kappa shape index (κ3) is 4.11. The lowest BCUT2D eigenvalue weighted by Crippen LogP contribution is -2.39. The molecule has 0 unspecified atom stereocenters. The van der Waals surface area contributed by atoms with E-state index in [-0.39, 0.29) is 10.9 Å². The van der Waals surface area contributed by atoms with Crippen molar-refractivity contribution in [1.29, 1.82) is 0 Å². The fourth-order valence-corrected chi connectivity index (χ4v) is 1.85. The van der Waals surface area contributed by atoms with Gasteiger partial charge in [0.25, 0.3) is 10.9 Å². The maximum Gasteiger partial charge on any atom is 0.285 e. The van der Waals surface area contributed by atoms with E-state index in [1.807, 2.05) is 0 Å². The fraction of sp³-hybridized carbons (Fsp3) is 0.250. The third-order valence-electron chi connectivity index (χ3n) is 2.03. The number of benzene rings is 1. The Kier molecular flexibility index (Phi) is 4.34. The monoisotopic (exact) mass is 264 g/mol. The summed E-state index contributed by atoms with van der Waals surface area (Å²) in [5, 5.41) is 12.8. The average Bonchev–Trinajstić information content (AvgIpc) is 2.29. The van der Waals surface area contributed by atoms with Crippen molar-refractivity contribution in [1.82, 2.24) is 5.32 Å². The smallest absolute Gasteiger partial charge is 0.285 e. The fourth-order valence-electron chi connectivity index (χ4n) is 1.06. The molecule has 0 saturated heterocycles. The predicted molar refractivity (Wildman–Crippen MR) is 70.4 cm³/mol. The van der Waals surface area contributed by atoms with Crippen molar-refractivity contribution in [2.24, 2.45) is 0 Å². The number of nitrogens with one attached hydrogen (secondary N) is 1. The summed E-state index contributed by atoms with van der Waals surface area (Å²) in [5.74, 6) is 2.45. The first-order valence-electron chi connectivity index (χ1n) is 5.06. The topological polar surface area (TPSA) is 72.2 Å². The number of nitrogens with zero attached hydrogens (tertiary/aromatic N) is 1. The Labute approximate surface area is 109 Å². The number of non-ortho nitro benzene ring substituents is 1. The zero-order valence-corrected chi connectivity index (χ0v) is 10.8. The Bertz CT molecular complexity index is 503. The number of terminal acetylenes is 1. The molecule has 0 aliphatic heterocycles. The van der Waals surface area contributed by atoms with Crippen molar-refractivity contribution in [3.8, 4) is 12.3 Å². The van der Waals surface area contributed by atoms with Crippen molar-refractivity contribution in [2.75, 3.05) is 0 Å². The minimum Gasteiger partial charge on any atom is -0.331 e. The highest BCUT2D eigenvalue weighted by Gasteiger charge is 2.17. The lowest BCUT2D eigenvalue weighted by atomic mass is 10.1. The van der Waals surface area contributed by atoms with Crippen LogP contribution in [-0.4, -0.2) is 15.7 Å². The molecule has 18 heavy (non-hydrogen) atoms. The summed E-state index contributed by atoms with van der Waals surface area (Å²) in [5.41, 5.74) is -0.728. The molecule has 0 aliphatic rings. The summed E-state index contributed by atoms with van der Waals surface area (Å²) >= 11 is 0.938. The number of hydrogen-bond acceptors (Lipinski definition) is 4. The molecule has 0 saturated carbocycles. The van der Waals surface area contributed by atoms with E-state index in [0.717, 1.165) is 11.8 Å². The van der Waals surface area contributed by atoms with E-state index in [4.69, 9.17) is 6.42 Å². The van der Waals surface area contributed by atoms with E-state index >= 15 is 0 Å². The Hall–Kier alpha value is -2.00. The van der Waals surface area contributed by atoms with Crippen LogP contribution in [-0.2, 0) is 0 Å². The molecular weight excluding hydrogens is 252 g/mol. The lowest BCUT2D eigenvalue weighted by Gasteiger charge is -2.18. The van der Waals surface area contributed by atoms with Crippen LogP contribution in [0.25, 0.3) is 0 Å². The van der Waals surface area contributed by atoms with Crippen LogP contribution in [0.5, 0.6) is 0 Å². The Balaban J connectivity index is 2.66. The van der Waals surface area contributed by atoms with Gasteiger partial charge in [0.1, 0.15) is 0 Å². The van der Waals surface area contributed by atoms with Crippen LogP contribution in [0.3, 0.4) is 0 Å². The number of carbonyl (C=O) groups is 1. The van der Waals surface area contributed by atoms with Gasteiger partial charge in [-0.05, 0) is 37.7 Å². The molecule has 0 atom stereocenters. The number of hydrogen-bond donors (Lipinski definition) is 1. The highest BCUT2D eigenvalue weighted by Crippen LogP contribution is 2.22. The van der Waals surface area contributed by atoms with Crippen LogP contribution < -0.4 is 5.32 Å². The van der Waals surface area contributed by atoms with E-state index < -0.39 is 10.5 Å². The summed E-state index contributed by atoms with van der Waals surface area (Å²) in [6, 6.07) is 5.74. The first-order chi connectivity index (χ1) is 8.34. The molecule has 1 N–H and O–H groups in total. The van der Waals surface area contributed by atoms with E-state index in [9.17, 15) is 14.9 Å². The molecule has 0 aromatic heterocycles. The molecule has 94 valence electrons. The number of nitro benzene ring substituents is 1. The summed E-state index contributed by atoms with van der Waals surface area (Å²) in [4.78, 5) is 22.2. The van der Waals surface area contributed by atoms with Crippen LogP contribution in [0.2, 0.25) is 0 Å². The van der Waals surface area contributed by atoms with Crippen LogP contribution in [0.1, 0.15) is 13.8 Å². The number of amides is 1. The van der Waals surface area contributed by atoms with Gasteiger partial charge in [-0.3, -0.25) is 14.9 Å². The van der Waals surface area contributed by atoms with Crippen LogP contribution >= 0.6 is 11.8 Å². The van der Waals surface area contributed by atoms with Gasteiger partial charge < -0.3 is 5.32 Å². The van der Waals surface area contributed by atoms with Crippen LogP contribution in [0, 0.1) is 22.5 Å². The van der Waals surface area contributed by atoms with Crippen molar-refractivity contribution < 1.29 is 9.72 Å². The molecule has 1 rings (SSSR count). The molecule has 0 bridgehead atoms. The second kappa shape index (κ2) is 5.56. The van der Waals surface area contributed by atoms with Crippen molar-refractivity contribution in [3.05, 3.63) is 34.4 Å². The predicted octanol–water partition coefficient (Wildman–Crippen LogP) is 2.81. The second-order valence-electron chi connectivity index (χ2n) is 4.03. The van der Waals surface area contributed by atoms with Gasteiger partial charge in [-0.2, -0.15) is 0 Å². The summed E-state index contributed by atoms with van der Waals surface area (Å²) in [6.07, 6.45) is 5.25. The molecule has 1 aromatic carbocycles. The highest BCUT2D eigenvalue weighted by atomic mass is 32.2. The first kappa shape index (κ1) is 14.1. The van der Waals surface area contributed by atoms with Crippen LogP contribution in [0.4, 0.5) is 10.5 Å². The molecule has 0 aliphatic carbocycles. The van der Waals surface area contributed by atoms with Crippen LogP contribution in [0.15, 0.2) is 29.2 Å². The summed E-state index contributed by atoms with van der Waals surface area (Å²) in [7, 11) is 0. The van der Waals surface area contributed by atoms with E-state index in [2.05, 4.69) is 11.2 Å². The maximum atomic E-state index is 11.6. The molecule has 1 aromatic rings. The minimum absolute atomic E-state index is 0.0105. The van der Waals surface area contributed by atoms with Gasteiger partial charge in [-0.1, -0.05) is 5.92 Å².